The van der Waals surface area contributed by atoms with Gasteiger partial charge in [0, 0.05) is 25.2 Å². The summed E-state index contributed by atoms with van der Waals surface area (Å²) >= 11 is 0. The molecule has 0 bridgehead atoms. The number of hydrogen-bond acceptors (Lipinski definition) is 3. The zero-order valence-corrected chi connectivity index (χ0v) is 12.0. The maximum atomic E-state index is 11.7. The Balaban J connectivity index is 1.88. The summed E-state index contributed by atoms with van der Waals surface area (Å²) in [6.45, 7) is 6.20. The van der Waals surface area contributed by atoms with Gasteiger partial charge in [-0.3, -0.25) is 4.79 Å². The van der Waals surface area contributed by atoms with E-state index in [1.165, 1.54) is 0 Å². The van der Waals surface area contributed by atoms with Gasteiger partial charge >= 0.3 is 0 Å². The monoisotopic (exact) mass is 274 g/mol. The second-order valence-corrected chi connectivity index (χ2v) is 5.14. The summed E-state index contributed by atoms with van der Waals surface area (Å²) in [6.07, 6.45) is 4.05. The predicted octanol–water partition coefficient (Wildman–Crippen LogP) is 2.08. The maximum Gasteiger partial charge on any atom is 0.251 e. The average Bonchev–Trinajstić information content (AvgIpc) is 2.48. The molecule has 0 spiro atoms. The van der Waals surface area contributed by atoms with Crippen LogP contribution in [0.4, 0.5) is 0 Å². The Morgan fingerprint density at radius 1 is 1.40 bits per heavy atom. The molecule has 4 nitrogen and oxygen atoms in total. The molecule has 1 N–H and O–H groups in total. The largest absolute Gasteiger partial charge is 0.490 e. The van der Waals surface area contributed by atoms with E-state index >= 15 is 0 Å². The predicted molar refractivity (Wildman–Crippen MR) is 80.1 cm³/mol. The Hall–Kier alpha value is -1.81. The van der Waals surface area contributed by atoms with Crippen LogP contribution in [0.1, 0.15) is 23.2 Å². The molecule has 1 saturated heterocycles. The SMILES string of the molecule is C=CCNC(=O)c1ccc(OC2CCN(C)CC2)cc1. The molecule has 1 amide bonds. The number of carbonyl (C=O) groups is 1. The zero-order valence-electron chi connectivity index (χ0n) is 12.0. The quantitative estimate of drug-likeness (QED) is 0.836. The molecule has 0 aromatic heterocycles. The van der Waals surface area contributed by atoms with Gasteiger partial charge in [0.15, 0.2) is 0 Å². The molecular formula is C16H22N2O2. The van der Waals surface area contributed by atoms with Crippen molar-refractivity contribution in [3.8, 4) is 5.75 Å². The molecule has 1 aliphatic heterocycles. The van der Waals surface area contributed by atoms with Gasteiger partial charge in [-0.2, -0.15) is 0 Å². The van der Waals surface area contributed by atoms with Crippen LogP contribution in [-0.4, -0.2) is 43.6 Å². The zero-order chi connectivity index (χ0) is 14.4. The number of carbonyl (C=O) groups excluding carboxylic acids is 1. The highest BCUT2D eigenvalue weighted by Crippen LogP contribution is 2.19. The minimum absolute atomic E-state index is 0.0873. The van der Waals surface area contributed by atoms with Crippen molar-refractivity contribution in [3.05, 3.63) is 42.5 Å². The maximum absolute atomic E-state index is 11.7. The lowest BCUT2D eigenvalue weighted by Crippen LogP contribution is -2.35. The molecular weight excluding hydrogens is 252 g/mol. The molecule has 20 heavy (non-hydrogen) atoms. The molecule has 0 atom stereocenters. The molecule has 1 fully saturated rings. The molecule has 0 unspecified atom stereocenters. The Morgan fingerprint density at radius 2 is 2.05 bits per heavy atom. The normalized spacial score (nSPS) is 16.6. The Morgan fingerprint density at radius 3 is 2.65 bits per heavy atom. The molecule has 1 aromatic carbocycles. The number of benzene rings is 1. The van der Waals surface area contributed by atoms with E-state index in [-0.39, 0.29) is 12.0 Å². The van der Waals surface area contributed by atoms with Gasteiger partial charge in [-0.05, 0) is 44.2 Å². The molecule has 108 valence electrons. The molecule has 4 heteroatoms. The summed E-state index contributed by atoms with van der Waals surface area (Å²) < 4.78 is 5.94. The van der Waals surface area contributed by atoms with Gasteiger partial charge in [0.25, 0.3) is 5.91 Å². The van der Waals surface area contributed by atoms with E-state index in [0.29, 0.717) is 12.1 Å². The fourth-order valence-electron chi connectivity index (χ4n) is 2.25. The van der Waals surface area contributed by atoms with Gasteiger partial charge in [-0.25, -0.2) is 0 Å². The van der Waals surface area contributed by atoms with Crippen LogP contribution in [0.15, 0.2) is 36.9 Å². The van der Waals surface area contributed by atoms with Crippen molar-refractivity contribution in [1.82, 2.24) is 10.2 Å². The third-order valence-electron chi connectivity index (χ3n) is 3.49. The topological polar surface area (TPSA) is 41.6 Å². The van der Waals surface area contributed by atoms with Crippen LogP contribution in [0.5, 0.6) is 5.75 Å². The first-order valence-corrected chi connectivity index (χ1v) is 7.03. The van der Waals surface area contributed by atoms with Crippen molar-refractivity contribution in [2.75, 3.05) is 26.7 Å². The van der Waals surface area contributed by atoms with Crippen LogP contribution in [0.3, 0.4) is 0 Å². The Kier molecular flexibility index (Phi) is 5.18. The van der Waals surface area contributed by atoms with Crippen molar-refractivity contribution in [2.24, 2.45) is 0 Å². The number of nitrogens with one attached hydrogen (secondary N) is 1. The summed E-state index contributed by atoms with van der Waals surface area (Å²) in [5.41, 5.74) is 0.641. The second kappa shape index (κ2) is 7.10. The third-order valence-corrected chi connectivity index (χ3v) is 3.49. The van der Waals surface area contributed by atoms with E-state index in [9.17, 15) is 4.79 Å². The van der Waals surface area contributed by atoms with Gasteiger partial charge in [0.05, 0.1) is 0 Å². The van der Waals surface area contributed by atoms with E-state index in [0.717, 1.165) is 31.7 Å². The van der Waals surface area contributed by atoms with E-state index in [4.69, 9.17) is 4.74 Å². The van der Waals surface area contributed by atoms with Crippen molar-refractivity contribution in [3.63, 3.8) is 0 Å². The number of piperidine rings is 1. The minimum atomic E-state index is -0.0873. The van der Waals surface area contributed by atoms with Gasteiger partial charge in [-0.1, -0.05) is 6.08 Å². The van der Waals surface area contributed by atoms with E-state index in [1.807, 2.05) is 12.1 Å². The number of amides is 1. The summed E-state index contributed by atoms with van der Waals surface area (Å²) in [6, 6.07) is 7.31. The first kappa shape index (κ1) is 14.6. The van der Waals surface area contributed by atoms with Gasteiger partial charge in [0.2, 0.25) is 0 Å². The fourth-order valence-corrected chi connectivity index (χ4v) is 2.25. The summed E-state index contributed by atoms with van der Waals surface area (Å²) in [7, 11) is 2.13. The summed E-state index contributed by atoms with van der Waals surface area (Å²) in [4.78, 5) is 14.0. The smallest absolute Gasteiger partial charge is 0.251 e. The number of nitrogens with zero attached hydrogens (tertiary/aromatic N) is 1. The van der Waals surface area contributed by atoms with Crippen LogP contribution in [0.2, 0.25) is 0 Å². The molecule has 2 rings (SSSR count). The fraction of sp³-hybridized carbons (Fsp3) is 0.438. The number of ether oxygens (including phenoxy) is 1. The van der Waals surface area contributed by atoms with Crippen molar-refractivity contribution >= 4 is 5.91 Å². The minimum Gasteiger partial charge on any atom is -0.490 e. The molecule has 1 heterocycles. The number of likely N-dealkylation sites (tertiary alicyclic amines) is 1. The highest BCUT2D eigenvalue weighted by atomic mass is 16.5. The number of rotatable bonds is 5. The van der Waals surface area contributed by atoms with Crippen molar-refractivity contribution in [2.45, 2.75) is 18.9 Å². The van der Waals surface area contributed by atoms with E-state index < -0.39 is 0 Å². The van der Waals surface area contributed by atoms with Gasteiger partial charge in [0.1, 0.15) is 11.9 Å². The molecule has 0 saturated carbocycles. The van der Waals surface area contributed by atoms with Crippen LogP contribution < -0.4 is 10.1 Å². The van der Waals surface area contributed by atoms with Crippen LogP contribution in [0.25, 0.3) is 0 Å². The molecule has 0 aliphatic carbocycles. The van der Waals surface area contributed by atoms with Crippen LogP contribution >= 0.6 is 0 Å². The van der Waals surface area contributed by atoms with Crippen molar-refractivity contribution < 1.29 is 9.53 Å². The van der Waals surface area contributed by atoms with Gasteiger partial charge < -0.3 is 15.0 Å². The molecule has 0 radical (unpaired) electrons. The van der Waals surface area contributed by atoms with E-state index in [2.05, 4.69) is 23.8 Å². The summed E-state index contributed by atoms with van der Waals surface area (Å²) in [5.74, 6) is 0.746. The van der Waals surface area contributed by atoms with Crippen LogP contribution in [-0.2, 0) is 0 Å². The standard InChI is InChI=1S/C16H22N2O2/c1-3-10-17-16(19)13-4-6-14(7-5-13)20-15-8-11-18(2)12-9-15/h3-7,15H,1,8-12H2,2H3,(H,17,19). The lowest BCUT2D eigenvalue weighted by Gasteiger charge is -2.29. The van der Waals surface area contributed by atoms with E-state index in [1.54, 1.807) is 18.2 Å². The Labute approximate surface area is 120 Å². The third kappa shape index (κ3) is 4.10. The van der Waals surface area contributed by atoms with Crippen molar-refractivity contribution in [1.29, 1.82) is 0 Å². The Bertz CT molecular complexity index is 448. The second-order valence-electron chi connectivity index (χ2n) is 5.14. The highest BCUT2D eigenvalue weighted by Gasteiger charge is 2.18. The lowest BCUT2D eigenvalue weighted by molar-refractivity contribution is 0.0957. The highest BCUT2D eigenvalue weighted by molar-refractivity contribution is 5.94. The molecule has 1 aliphatic rings. The lowest BCUT2D eigenvalue weighted by atomic mass is 10.1. The first-order valence-electron chi connectivity index (χ1n) is 7.03. The average molecular weight is 274 g/mol. The molecule has 1 aromatic rings. The van der Waals surface area contributed by atoms with Gasteiger partial charge in [-0.15, -0.1) is 6.58 Å². The summed E-state index contributed by atoms with van der Waals surface area (Å²) in [5, 5.41) is 2.75. The first-order chi connectivity index (χ1) is 9.69. The number of hydrogen-bond donors (Lipinski definition) is 1. The van der Waals surface area contributed by atoms with Crippen LogP contribution in [0, 0.1) is 0 Å².